The Bertz CT molecular complexity index is 179. The second-order valence-electron chi connectivity index (χ2n) is 1.65. The molecule has 0 heterocycles. The minimum atomic E-state index is 0.951. The Kier molecular flexibility index (Phi) is 1.91. The van der Waals surface area contributed by atoms with Gasteiger partial charge in [0.1, 0.15) is 0 Å². The van der Waals surface area contributed by atoms with Crippen molar-refractivity contribution in [3.63, 3.8) is 0 Å². The summed E-state index contributed by atoms with van der Waals surface area (Å²) in [6, 6.07) is 9.72. The Morgan fingerprint density at radius 3 is 2.44 bits per heavy atom. The lowest BCUT2D eigenvalue weighted by Gasteiger charge is -2.13. The summed E-state index contributed by atoms with van der Waals surface area (Å²) in [5, 5.41) is 3.97. The Morgan fingerprint density at radius 2 is 1.89 bits per heavy atom. The first-order valence-corrected chi connectivity index (χ1v) is 2.80. The van der Waals surface area contributed by atoms with Gasteiger partial charge in [-0.1, -0.05) is 30.3 Å². The second-order valence-corrected chi connectivity index (χ2v) is 1.65. The van der Waals surface area contributed by atoms with Crippen LogP contribution in [-0.4, -0.2) is 0 Å². The van der Waals surface area contributed by atoms with Gasteiger partial charge in [0, 0.05) is 0 Å². The predicted octanol–water partition coefficient (Wildman–Crippen LogP) is 2.84. The van der Waals surface area contributed by atoms with Gasteiger partial charge in [-0.05, 0) is 0 Å². The summed E-state index contributed by atoms with van der Waals surface area (Å²) in [6.07, 6.45) is 1.54. The molecule has 0 aliphatic heterocycles. The molecule has 1 aromatic carbocycles. The van der Waals surface area contributed by atoms with E-state index in [1.54, 1.807) is 0 Å². The van der Waals surface area contributed by atoms with Crippen LogP contribution < -0.4 is 0 Å². The molecule has 0 aromatic heterocycles. The number of para-hydroxylation sites is 1. The average molecular weight is 118 g/mol. The average Bonchev–Trinajstić information content (AvgIpc) is 1.91. The third-order valence-corrected chi connectivity index (χ3v) is 0.997. The number of benzene rings is 1. The first kappa shape index (κ1) is 5.89. The van der Waals surface area contributed by atoms with E-state index in [0.29, 0.717) is 0 Å². The summed E-state index contributed by atoms with van der Waals surface area (Å²) in [7, 11) is 0. The summed E-state index contributed by atoms with van der Waals surface area (Å²) in [6.45, 7) is 3.49. The monoisotopic (exact) mass is 118 g/mol. The van der Waals surface area contributed by atoms with Crippen LogP contribution in [0.2, 0.25) is 0 Å². The van der Waals surface area contributed by atoms with Crippen LogP contribution in [0.1, 0.15) is 0 Å². The lowest BCUT2D eigenvalue weighted by Crippen LogP contribution is -1.60. The molecule has 0 spiro atoms. The SMILES string of the molecule is C=C[N-]c1ccccc1. The molecule has 9 heavy (non-hydrogen) atoms. The van der Waals surface area contributed by atoms with Gasteiger partial charge < -0.3 is 5.32 Å². The third kappa shape index (κ3) is 1.61. The molecule has 0 amide bonds. The van der Waals surface area contributed by atoms with Crippen LogP contribution >= 0.6 is 0 Å². The quantitative estimate of drug-likeness (QED) is 0.567. The predicted molar refractivity (Wildman–Crippen MR) is 39.7 cm³/mol. The number of hydrogen-bond acceptors (Lipinski definition) is 0. The molecule has 1 aromatic rings. The summed E-state index contributed by atoms with van der Waals surface area (Å²) in [5.74, 6) is 0. The lowest BCUT2D eigenvalue weighted by molar-refractivity contribution is 1.67. The fourth-order valence-corrected chi connectivity index (χ4v) is 0.619. The Morgan fingerprint density at radius 1 is 1.22 bits per heavy atom. The van der Waals surface area contributed by atoms with Crippen molar-refractivity contribution < 1.29 is 0 Å². The van der Waals surface area contributed by atoms with Gasteiger partial charge in [0.05, 0.1) is 0 Å². The van der Waals surface area contributed by atoms with Crippen molar-refractivity contribution in [1.82, 2.24) is 0 Å². The lowest BCUT2D eigenvalue weighted by atomic mass is 10.3. The summed E-state index contributed by atoms with van der Waals surface area (Å²) in [4.78, 5) is 0. The van der Waals surface area contributed by atoms with Crippen LogP contribution in [0.25, 0.3) is 5.32 Å². The minimum absolute atomic E-state index is 0.951. The van der Waals surface area contributed by atoms with Gasteiger partial charge >= 0.3 is 0 Å². The van der Waals surface area contributed by atoms with Crippen molar-refractivity contribution >= 4 is 5.69 Å². The minimum Gasteiger partial charge on any atom is -0.665 e. The molecular formula is C8H8N-. The topological polar surface area (TPSA) is 14.1 Å². The van der Waals surface area contributed by atoms with Crippen molar-refractivity contribution in [1.29, 1.82) is 0 Å². The van der Waals surface area contributed by atoms with Gasteiger partial charge in [-0.15, -0.1) is 12.3 Å². The zero-order valence-corrected chi connectivity index (χ0v) is 5.12. The van der Waals surface area contributed by atoms with Crippen molar-refractivity contribution in [2.24, 2.45) is 0 Å². The van der Waals surface area contributed by atoms with E-state index in [1.165, 1.54) is 6.20 Å². The molecule has 0 atom stereocenters. The molecule has 0 radical (unpaired) electrons. The molecule has 0 aliphatic rings. The van der Waals surface area contributed by atoms with E-state index in [0.717, 1.165) is 5.69 Å². The zero-order valence-electron chi connectivity index (χ0n) is 5.12. The van der Waals surface area contributed by atoms with E-state index in [9.17, 15) is 0 Å². The Balaban J connectivity index is 2.72. The fourth-order valence-electron chi connectivity index (χ4n) is 0.619. The van der Waals surface area contributed by atoms with E-state index in [-0.39, 0.29) is 0 Å². The van der Waals surface area contributed by atoms with Gasteiger partial charge in [0.15, 0.2) is 0 Å². The largest absolute Gasteiger partial charge is 0.665 e. The maximum Gasteiger partial charge on any atom is -0.0624 e. The third-order valence-electron chi connectivity index (χ3n) is 0.997. The zero-order chi connectivity index (χ0) is 6.53. The summed E-state index contributed by atoms with van der Waals surface area (Å²) < 4.78 is 0. The van der Waals surface area contributed by atoms with Gasteiger partial charge in [0.2, 0.25) is 0 Å². The molecule has 0 bridgehead atoms. The normalized spacial score (nSPS) is 8.44. The number of rotatable bonds is 2. The highest BCUT2D eigenvalue weighted by molar-refractivity contribution is 5.50. The highest BCUT2D eigenvalue weighted by Gasteiger charge is 1.69. The smallest absolute Gasteiger partial charge is 0.0624 e. The molecule has 0 saturated heterocycles. The maximum atomic E-state index is 3.97. The van der Waals surface area contributed by atoms with E-state index in [2.05, 4.69) is 11.9 Å². The first-order chi connectivity index (χ1) is 4.43. The van der Waals surface area contributed by atoms with Gasteiger partial charge in [-0.25, -0.2) is 0 Å². The Labute approximate surface area is 55.0 Å². The molecular weight excluding hydrogens is 110 g/mol. The number of nitrogens with zero attached hydrogens (tertiary/aromatic N) is 1. The standard InChI is InChI=1S/C8H8N/c1-2-9-8-6-4-3-5-7-8/h2-7H,1H2/q-1. The van der Waals surface area contributed by atoms with Gasteiger partial charge in [-0.2, -0.15) is 6.20 Å². The highest BCUT2D eigenvalue weighted by atomic mass is 14.8. The first-order valence-electron chi connectivity index (χ1n) is 2.80. The second kappa shape index (κ2) is 2.92. The van der Waals surface area contributed by atoms with Crippen LogP contribution in [0.4, 0.5) is 5.69 Å². The van der Waals surface area contributed by atoms with E-state index in [1.807, 2.05) is 30.3 Å². The molecule has 1 nitrogen and oxygen atoms in total. The molecule has 0 fully saturated rings. The fraction of sp³-hybridized carbons (Fsp3) is 0. The van der Waals surface area contributed by atoms with E-state index >= 15 is 0 Å². The van der Waals surface area contributed by atoms with Crippen molar-refractivity contribution in [2.45, 2.75) is 0 Å². The maximum absolute atomic E-state index is 3.97. The van der Waals surface area contributed by atoms with Crippen LogP contribution in [0.15, 0.2) is 43.1 Å². The van der Waals surface area contributed by atoms with Crippen LogP contribution in [0.3, 0.4) is 0 Å². The van der Waals surface area contributed by atoms with Crippen LogP contribution in [-0.2, 0) is 0 Å². The molecule has 1 heteroatoms. The summed E-state index contributed by atoms with van der Waals surface area (Å²) in [5.41, 5.74) is 0.951. The van der Waals surface area contributed by atoms with Gasteiger partial charge in [-0.3, -0.25) is 0 Å². The van der Waals surface area contributed by atoms with E-state index < -0.39 is 0 Å². The summed E-state index contributed by atoms with van der Waals surface area (Å²) >= 11 is 0. The molecule has 0 saturated carbocycles. The van der Waals surface area contributed by atoms with Crippen LogP contribution in [0, 0.1) is 0 Å². The Hall–Kier alpha value is -1.24. The number of hydrogen-bond donors (Lipinski definition) is 0. The molecule has 0 aliphatic carbocycles. The molecule has 1 rings (SSSR count). The molecule has 46 valence electrons. The molecule has 0 unspecified atom stereocenters. The van der Waals surface area contributed by atoms with Crippen molar-refractivity contribution in [2.75, 3.05) is 0 Å². The molecule has 0 N–H and O–H groups in total. The van der Waals surface area contributed by atoms with Crippen molar-refractivity contribution in [3.05, 3.63) is 48.4 Å². The van der Waals surface area contributed by atoms with Crippen LogP contribution in [0.5, 0.6) is 0 Å². The van der Waals surface area contributed by atoms with Gasteiger partial charge in [0.25, 0.3) is 0 Å². The highest BCUT2D eigenvalue weighted by Crippen LogP contribution is 2.15. The van der Waals surface area contributed by atoms with Crippen molar-refractivity contribution in [3.8, 4) is 0 Å². The van der Waals surface area contributed by atoms with E-state index in [4.69, 9.17) is 0 Å².